The van der Waals surface area contributed by atoms with Gasteiger partial charge in [0.1, 0.15) is 33.5 Å². The largest absolute Gasteiger partial charge is 0.496 e. The topological polar surface area (TPSA) is 121 Å². The fourth-order valence-corrected chi connectivity index (χ4v) is 5.93. The first-order valence-electron chi connectivity index (χ1n) is 13.1. The number of aliphatic hydroxyl groups is 1. The molecule has 0 spiro atoms. The van der Waals surface area contributed by atoms with Gasteiger partial charge in [-0.05, 0) is 52.0 Å². The molecule has 4 rings (SSSR count). The maximum atomic E-state index is 14.4. The van der Waals surface area contributed by atoms with E-state index in [1.807, 2.05) is 13.8 Å². The number of rotatable bonds is 11. The number of fused-ring (bicyclic) bond motifs is 1. The molecule has 0 radical (unpaired) electrons. The number of carbonyl (C=O) groups excluding carboxylic acids is 1. The van der Waals surface area contributed by atoms with Crippen LogP contribution in [0.5, 0.6) is 5.75 Å². The highest BCUT2D eigenvalue weighted by Crippen LogP contribution is 2.34. The number of aryl methyl sites for hydroxylation is 1. The Morgan fingerprint density at radius 2 is 1.98 bits per heavy atom. The Kier molecular flexibility index (Phi) is 9.10. The minimum absolute atomic E-state index is 0.0993. The Morgan fingerprint density at radius 3 is 2.59 bits per heavy atom. The molecule has 0 saturated heterocycles. The summed E-state index contributed by atoms with van der Waals surface area (Å²) in [5.74, 6) is -0.608. The lowest BCUT2D eigenvalue weighted by Crippen LogP contribution is -2.47. The van der Waals surface area contributed by atoms with Crippen molar-refractivity contribution in [3.05, 3.63) is 74.4 Å². The average molecular weight is 588 g/mol. The van der Waals surface area contributed by atoms with Gasteiger partial charge >= 0.3 is 5.69 Å². The van der Waals surface area contributed by atoms with Crippen LogP contribution in [0.1, 0.15) is 44.0 Å². The Hall–Kier alpha value is -3.81. The van der Waals surface area contributed by atoms with E-state index in [4.69, 9.17) is 9.47 Å². The van der Waals surface area contributed by atoms with E-state index in [0.717, 1.165) is 4.57 Å². The lowest BCUT2D eigenvalue weighted by atomic mass is 10.1. The van der Waals surface area contributed by atoms with Crippen molar-refractivity contribution in [3.8, 4) is 10.8 Å². The molecular formula is C28H34FN5O6S. The summed E-state index contributed by atoms with van der Waals surface area (Å²) in [5, 5.41) is 14.7. The number of likely N-dealkylation sites (N-methyl/N-ethyl adjacent to an activating group) is 1. The van der Waals surface area contributed by atoms with E-state index in [9.17, 15) is 23.9 Å². The molecule has 0 bridgehead atoms. The molecule has 1 amide bonds. The van der Waals surface area contributed by atoms with Crippen LogP contribution in [-0.2, 0) is 16.1 Å². The van der Waals surface area contributed by atoms with Gasteiger partial charge in [0.05, 0.1) is 32.3 Å². The molecule has 41 heavy (non-hydrogen) atoms. The minimum Gasteiger partial charge on any atom is -0.496 e. The third kappa shape index (κ3) is 5.69. The van der Waals surface area contributed by atoms with Gasteiger partial charge in [-0.1, -0.05) is 11.3 Å². The van der Waals surface area contributed by atoms with Crippen molar-refractivity contribution in [2.45, 2.75) is 52.4 Å². The second-order valence-corrected chi connectivity index (χ2v) is 10.9. The summed E-state index contributed by atoms with van der Waals surface area (Å²) in [6, 6.07) is 4.42. The van der Waals surface area contributed by atoms with Gasteiger partial charge < -0.3 is 19.5 Å². The maximum absolute atomic E-state index is 14.4. The Bertz CT molecular complexity index is 1660. The summed E-state index contributed by atoms with van der Waals surface area (Å²) in [4.78, 5) is 43.2. The zero-order chi connectivity index (χ0) is 30.0. The highest BCUT2D eigenvalue weighted by molar-refractivity contribution is 7.21. The fourth-order valence-electron chi connectivity index (χ4n) is 4.68. The standard InChI is InChI=1S/C28H34FN5O6S/c1-16(2)31(5)24(36)18(4)34-25(37)23-17(3)26(33-11-7-10-30-33)41-27(23)32(28(34)38)15-22(40-13-12-35)20-14-19(29)8-9-21(20)39-6/h7-11,14,16,18,22,35H,12-13,15H2,1-6H3/t18-,22+/m1/s1. The first-order valence-corrected chi connectivity index (χ1v) is 13.9. The number of amides is 1. The SMILES string of the molecule is COc1ccc(F)cc1[C@H](Cn1c(=O)n([C@H](C)C(=O)N(C)C(C)C)c(=O)c2c(C)c(-n3cccn3)sc21)OCCO. The van der Waals surface area contributed by atoms with Gasteiger partial charge in [-0.2, -0.15) is 5.10 Å². The first kappa shape index (κ1) is 30.2. The number of methoxy groups -OCH3 is 1. The lowest BCUT2D eigenvalue weighted by Gasteiger charge is -2.27. The second kappa shape index (κ2) is 12.4. The predicted octanol–water partition coefficient (Wildman–Crippen LogP) is 3.04. The quantitative estimate of drug-likeness (QED) is 0.286. The van der Waals surface area contributed by atoms with Gasteiger partial charge in [-0.3, -0.25) is 14.2 Å². The van der Waals surface area contributed by atoms with Crippen molar-refractivity contribution < 1.29 is 23.8 Å². The van der Waals surface area contributed by atoms with E-state index in [1.54, 1.807) is 37.1 Å². The lowest BCUT2D eigenvalue weighted by molar-refractivity contribution is -0.134. The molecule has 0 aliphatic rings. The molecule has 0 fully saturated rings. The number of aromatic nitrogens is 4. The fraction of sp³-hybridized carbons (Fsp3) is 0.429. The summed E-state index contributed by atoms with van der Waals surface area (Å²) in [7, 11) is 3.05. The van der Waals surface area contributed by atoms with Crippen molar-refractivity contribution in [3.63, 3.8) is 0 Å². The zero-order valence-corrected chi connectivity index (χ0v) is 24.6. The van der Waals surface area contributed by atoms with E-state index in [-0.39, 0.29) is 31.2 Å². The van der Waals surface area contributed by atoms with E-state index < -0.39 is 35.1 Å². The van der Waals surface area contributed by atoms with Gasteiger partial charge in [-0.15, -0.1) is 0 Å². The number of halogens is 1. The van der Waals surface area contributed by atoms with Crippen LogP contribution in [0.2, 0.25) is 0 Å². The highest BCUT2D eigenvalue weighted by atomic mass is 32.1. The van der Waals surface area contributed by atoms with Gasteiger partial charge in [-0.25, -0.2) is 18.4 Å². The van der Waals surface area contributed by atoms with Crippen LogP contribution >= 0.6 is 11.3 Å². The van der Waals surface area contributed by atoms with Gasteiger partial charge in [0.25, 0.3) is 5.56 Å². The Morgan fingerprint density at radius 1 is 1.24 bits per heavy atom. The van der Waals surface area contributed by atoms with Crippen LogP contribution in [-0.4, -0.2) is 68.2 Å². The first-order chi connectivity index (χ1) is 19.5. The number of thiophene rings is 1. The molecule has 2 atom stereocenters. The van der Waals surface area contributed by atoms with Gasteiger partial charge in [0.15, 0.2) is 0 Å². The van der Waals surface area contributed by atoms with Gasteiger partial charge in [0.2, 0.25) is 5.91 Å². The molecular weight excluding hydrogens is 553 g/mol. The van der Waals surface area contributed by atoms with Crippen molar-refractivity contribution in [1.29, 1.82) is 0 Å². The van der Waals surface area contributed by atoms with Crippen molar-refractivity contribution >= 4 is 27.5 Å². The molecule has 3 heterocycles. The van der Waals surface area contributed by atoms with Crippen LogP contribution in [0.25, 0.3) is 15.2 Å². The molecule has 0 saturated carbocycles. The molecule has 4 aromatic rings. The van der Waals surface area contributed by atoms with E-state index in [0.29, 0.717) is 26.7 Å². The Labute approximate surface area is 240 Å². The number of carbonyl (C=O) groups is 1. The van der Waals surface area contributed by atoms with Crippen LogP contribution in [0.4, 0.5) is 4.39 Å². The third-order valence-electron chi connectivity index (χ3n) is 7.09. The summed E-state index contributed by atoms with van der Waals surface area (Å²) in [5.41, 5.74) is -0.401. The molecule has 0 aliphatic heterocycles. The summed E-state index contributed by atoms with van der Waals surface area (Å²) < 4.78 is 29.7. The molecule has 220 valence electrons. The molecule has 0 aliphatic carbocycles. The molecule has 1 aromatic carbocycles. The maximum Gasteiger partial charge on any atom is 0.332 e. The van der Waals surface area contributed by atoms with E-state index in [2.05, 4.69) is 5.10 Å². The van der Waals surface area contributed by atoms with E-state index in [1.165, 1.54) is 53.0 Å². The Balaban J connectivity index is 2.00. The summed E-state index contributed by atoms with van der Waals surface area (Å²) >= 11 is 1.20. The number of benzene rings is 1. The van der Waals surface area contributed by atoms with Crippen LogP contribution < -0.4 is 16.0 Å². The molecule has 13 heteroatoms. The normalized spacial score (nSPS) is 13.1. The summed E-state index contributed by atoms with van der Waals surface area (Å²) in [6.07, 6.45) is 2.39. The zero-order valence-electron chi connectivity index (χ0n) is 23.8. The molecule has 11 nitrogen and oxygen atoms in total. The van der Waals surface area contributed by atoms with Crippen molar-refractivity contribution in [2.75, 3.05) is 27.4 Å². The number of ether oxygens (including phenoxy) is 2. The number of hydrogen-bond donors (Lipinski definition) is 1. The van der Waals surface area contributed by atoms with Crippen LogP contribution in [0.3, 0.4) is 0 Å². The van der Waals surface area contributed by atoms with Gasteiger partial charge in [0, 0.05) is 36.6 Å². The minimum atomic E-state index is -1.11. The van der Waals surface area contributed by atoms with Crippen LogP contribution in [0, 0.1) is 12.7 Å². The third-order valence-corrected chi connectivity index (χ3v) is 8.40. The molecule has 1 N–H and O–H groups in total. The van der Waals surface area contributed by atoms with Crippen LogP contribution in [0.15, 0.2) is 46.2 Å². The van der Waals surface area contributed by atoms with Crippen molar-refractivity contribution in [1.82, 2.24) is 23.8 Å². The number of hydrogen-bond acceptors (Lipinski definition) is 8. The monoisotopic (exact) mass is 587 g/mol. The number of nitrogens with zero attached hydrogens (tertiary/aromatic N) is 5. The molecule has 3 aromatic heterocycles. The number of aliphatic hydroxyl groups excluding tert-OH is 1. The molecule has 0 unspecified atom stereocenters. The highest BCUT2D eigenvalue weighted by Gasteiger charge is 2.30. The average Bonchev–Trinajstić information content (AvgIpc) is 3.60. The summed E-state index contributed by atoms with van der Waals surface area (Å²) in [6.45, 7) is 6.39. The smallest absolute Gasteiger partial charge is 0.332 e. The van der Waals surface area contributed by atoms with E-state index >= 15 is 0 Å². The predicted molar refractivity (Wildman–Crippen MR) is 154 cm³/mol. The van der Waals surface area contributed by atoms with Crippen molar-refractivity contribution in [2.24, 2.45) is 0 Å². The second-order valence-electron chi connectivity index (χ2n) is 9.92.